The third-order valence-corrected chi connectivity index (χ3v) is 7.43. The first-order valence-electron chi connectivity index (χ1n) is 9.93. The minimum atomic E-state index is -3.59. The second-order valence-electron chi connectivity index (χ2n) is 7.38. The Kier molecular flexibility index (Phi) is 6.11. The van der Waals surface area contributed by atoms with E-state index in [1.165, 1.54) is 16.9 Å². The normalized spacial score (nSPS) is 11.2. The minimum Gasteiger partial charge on any atom is -0.340 e. The predicted molar refractivity (Wildman–Crippen MR) is 131 cm³/mol. The van der Waals surface area contributed by atoms with Gasteiger partial charge in [0.15, 0.2) is 0 Å². The largest absolute Gasteiger partial charge is 0.340 e. The summed E-state index contributed by atoms with van der Waals surface area (Å²) in [5.74, 6) is 1.13. The van der Waals surface area contributed by atoms with Gasteiger partial charge in [-0.3, -0.25) is 4.72 Å². The minimum absolute atomic E-state index is 0.291. The summed E-state index contributed by atoms with van der Waals surface area (Å²) in [7, 11) is -3.59. The van der Waals surface area contributed by atoms with Gasteiger partial charge in [0.2, 0.25) is 5.95 Å². The number of benzene rings is 2. The molecule has 0 unspecified atom stereocenters. The lowest BCUT2D eigenvalue weighted by atomic mass is 10.2. The molecule has 0 fully saturated rings. The first-order chi connectivity index (χ1) is 15.3. The monoisotopic (exact) mass is 465 g/mol. The van der Waals surface area contributed by atoms with Gasteiger partial charge < -0.3 is 10.6 Å². The number of anilines is 5. The van der Waals surface area contributed by atoms with Crippen LogP contribution in [0.1, 0.15) is 16.1 Å². The van der Waals surface area contributed by atoms with Crippen molar-refractivity contribution in [3.8, 4) is 0 Å². The van der Waals surface area contributed by atoms with Gasteiger partial charge in [0.25, 0.3) is 10.0 Å². The predicted octanol–water partition coefficient (Wildman–Crippen LogP) is 5.75. The molecule has 0 aliphatic carbocycles. The lowest BCUT2D eigenvalue weighted by Crippen LogP contribution is -2.11. The molecule has 0 atom stereocenters. The van der Waals surface area contributed by atoms with Crippen LogP contribution in [0, 0.1) is 20.8 Å². The Morgan fingerprint density at radius 2 is 1.38 bits per heavy atom. The van der Waals surface area contributed by atoms with Crippen molar-refractivity contribution in [2.24, 2.45) is 0 Å². The Morgan fingerprint density at radius 3 is 2.03 bits per heavy atom. The number of aromatic nitrogens is 2. The molecular weight excluding hydrogens is 442 g/mol. The van der Waals surface area contributed by atoms with Crippen molar-refractivity contribution in [2.75, 3.05) is 15.4 Å². The summed E-state index contributed by atoms with van der Waals surface area (Å²) < 4.78 is 27.9. The highest BCUT2D eigenvalue weighted by Crippen LogP contribution is 2.25. The Labute approximate surface area is 191 Å². The molecule has 0 bridgehead atoms. The maximum absolute atomic E-state index is 12.5. The molecule has 0 radical (unpaired) electrons. The smallest absolute Gasteiger partial charge is 0.271 e. The van der Waals surface area contributed by atoms with E-state index in [0.717, 1.165) is 21.9 Å². The van der Waals surface area contributed by atoms with Gasteiger partial charge in [0.1, 0.15) is 10.0 Å². The molecule has 0 aliphatic rings. The molecule has 7 nitrogen and oxygen atoms in total. The fourth-order valence-corrected chi connectivity index (χ4v) is 5.33. The van der Waals surface area contributed by atoms with Crippen LogP contribution in [0.5, 0.6) is 0 Å². The van der Waals surface area contributed by atoms with Crippen LogP contribution in [0.15, 0.2) is 70.9 Å². The van der Waals surface area contributed by atoms with Gasteiger partial charge in [-0.1, -0.05) is 17.7 Å². The van der Waals surface area contributed by atoms with Crippen molar-refractivity contribution in [3.05, 3.63) is 82.9 Å². The van der Waals surface area contributed by atoms with E-state index in [1.54, 1.807) is 36.4 Å². The summed E-state index contributed by atoms with van der Waals surface area (Å²) >= 11 is 1.24. The Balaban J connectivity index is 1.46. The Hall–Kier alpha value is -3.43. The molecule has 32 heavy (non-hydrogen) atoms. The fourth-order valence-electron chi connectivity index (χ4n) is 2.99. The second-order valence-corrected chi connectivity index (χ2v) is 10.6. The van der Waals surface area contributed by atoms with Crippen molar-refractivity contribution in [2.45, 2.75) is 25.0 Å². The molecule has 9 heteroatoms. The SMILES string of the molecule is Cc1ccc(Nc2cc(C)nc(Nc3ccc(NS(=O)(=O)c4ccc(C)s4)cc3)n2)cc1. The van der Waals surface area contributed by atoms with Crippen molar-refractivity contribution in [1.29, 1.82) is 0 Å². The molecule has 0 spiro atoms. The van der Waals surface area contributed by atoms with Gasteiger partial charge >= 0.3 is 0 Å². The molecule has 4 aromatic rings. The van der Waals surface area contributed by atoms with E-state index in [4.69, 9.17) is 0 Å². The highest BCUT2D eigenvalue weighted by Gasteiger charge is 2.16. The van der Waals surface area contributed by atoms with Gasteiger partial charge in [-0.2, -0.15) is 4.98 Å². The second kappa shape index (κ2) is 8.97. The molecular formula is C23H23N5O2S2. The summed E-state index contributed by atoms with van der Waals surface area (Å²) in [6.07, 6.45) is 0. The number of hydrogen-bond acceptors (Lipinski definition) is 7. The van der Waals surface area contributed by atoms with E-state index in [9.17, 15) is 8.42 Å². The van der Waals surface area contributed by atoms with Crippen LogP contribution >= 0.6 is 11.3 Å². The Morgan fingerprint density at radius 1 is 0.750 bits per heavy atom. The van der Waals surface area contributed by atoms with Crippen LogP contribution in [-0.2, 0) is 10.0 Å². The molecule has 2 aromatic carbocycles. The highest BCUT2D eigenvalue weighted by molar-refractivity contribution is 7.94. The average Bonchev–Trinajstić information content (AvgIpc) is 3.18. The van der Waals surface area contributed by atoms with Crippen LogP contribution in [0.4, 0.5) is 28.8 Å². The standard InChI is InChI=1S/C23H23N5O2S2/c1-15-4-7-18(8-5-15)25-21-14-16(2)24-23(27-21)26-19-9-11-20(12-10-19)28-32(29,30)22-13-6-17(3)31-22/h4-14,28H,1-3H3,(H2,24,25,26,27). The summed E-state index contributed by atoms with van der Waals surface area (Å²) in [6, 6.07) is 20.3. The number of rotatable bonds is 7. The molecule has 2 aromatic heterocycles. The lowest BCUT2D eigenvalue weighted by molar-refractivity contribution is 0.603. The number of thiophene rings is 1. The molecule has 0 amide bonds. The van der Waals surface area contributed by atoms with Crippen LogP contribution in [-0.4, -0.2) is 18.4 Å². The molecule has 164 valence electrons. The molecule has 0 aliphatic heterocycles. The van der Waals surface area contributed by atoms with Gasteiger partial charge in [-0.05, 0) is 69.3 Å². The van der Waals surface area contributed by atoms with E-state index in [-0.39, 0.29) is 0 Å². The summed E-state index contributed by atoms with van der Waals surface area (Å²) in [4.78, 5) is 9.91. The van der Waals surface area contributed by atoms with Crippen molar-refractivity contribution in [1.82, 2.24) is 9.97 Å². The lowest BCUT2D eigenvalue weighted by Gasteiger charge is -2.11. The third-order valence-electron chi connectivity index (χ3n) is 4.55. The topological polar surface area (TPSA) is 96.0 Å². The number of hydrogen-bond donors (Lipinski definition) is 3. The molecule has 2 heterocycles. The third kappa shape index (κ3) is 5.43. The number of nitrogens with one attached hydrogen (secondary N) is 3. The number of aryl methyl sites for hydroxylation is 3. The van der Waals surface area contributed by atoms with Crippen LogP contribution in [0.3, 0.4) is 0 Å². The van der Waals surface area contributed by atoms with E-state index in [0.29, 0.717) is 21.7 Å². The maximum atomic E-state index is 12.5. The fraction of sp³-hybridized carbons (Fsp3) is 0.130. The van der Waals surface area contributed by atoms with Gasteiger partial charge in [0.05, 0.1) is 0 Å². The zero-order chi connectivity index (χ0) is 22.7. The zero-order valence-corrected chi connectivity index (χ0v) is 19.5. The highest BCUT2D eigenvalue weighted by atomic mass is 32.2. The van der Waals surface area contributed by atoms with E-state index in [1.807, 2.05) is 51.1 Å². The van der Waals surface area contributed by atoms with Gasteiger partial charge in [0, 0.05) is 33.7 Å². The molecule has 0 saturated heterocycles. The van der Waals surface area contributed by atoms with Crippen molar-refractivity contribution >= 4 is 50.2 Å². The van der Waals surface area contributed by atoms with Gasteiger partial charge in [-0.25, -0.2) is 13.4 Å². The average molecular weight is 466 g/mol. The van der Waals surface area contributed by atoms with Crippen LogP contribution in [0.25, 0.3) is 0 Å². The van der Waals surface area contributed by atoms with E-state index < -0.39 is 10.0 Å². The summed E-state index contributed by atoms with van der Waals surface area (Å²) in [5, 5.41) is 6.45. The van der Waals surface area contributed by atoms with Crippen molar-refractivity contribution in [3.63, 3.8) is 0 Å². The van der Waals surface area contributed by atoms with E-state index in [2.05, 4.69) is 25.3 Å². The van der Waals surface area contributed by atoms with Crippen LogP contribution < -0.4 is 15.4 Å². The van der Waals surface area contributed by atoms with Gasteiger partial charge in [-0.15, -0.1) is 11.3 Å². The molecule has 3 N–H and O–H groups in total. The number of sulfonamides is 1. The quantitative estimate of drug-likeness (QED) is 0.322. The van der Waals surface area contributed by atoms with E-state index >= 15 is 0 Å². The maximum Gasteiger partial charge on any atom is 0.271 e. The van der Waals surface area contributed by atoms with Crippen LogP contribution in [0.2, 0.25) is 0 Å². The summed E-state index contributed by atoms with van der Waals surface area (Å²) in [5.41, 5.74) is 4.17. The van der Waals surface area contributed by atoms with Crippen molar-refractivity contribution < 1.29 is 8.42 Å². The first kappa shape index (κ1) is 21.8. The summed E-state index contributed by atoms with van der Waals surface area (Å²) in [6.45, 7) is 5.82. The first-order valence-corrected chi connectivity index (χ1v) is 12.2. The zero-order valence-electron chi connectivity index (χ0n) is 17.9. The Bertz CT molecular complexity index is 1330. The number of nitrogens with zero attached hydrogens (tertiary/aromatic N) is 2. The molecule has 4 rings (SSSR count). The molecule has 0 saturated carbocycles.